The molecule has 1 aliphatic rings. The van der Waals surface area contributed by atoms with Crippen LogP contribution in [0.2, 0.25) is 0 Å². The Morgan fingerprint density at radius 3 is 2.50 bits per heavy atom. The van der Waals surface area contributed by atoms with E-state index in [2.05, 4.69) is 37.1 Å². The van der Waals surface area contributed by atoms with Crippen LogP contribution >= 0.6 is 11.8 Å². The number of anilines is 1. The Morgan fingerprint density at radius 2 is 1.90 bits per heavy atom. The highest BCUT2D eigenvalue weighted by Crippen LogP contribution is 2.30. The van der Waals surface area contributed by atoms with Crippen molar-refractivity contribution in [3.8, 4) is 0 Å². The fourth-order valence-corrected chi connectivity index (χ4v) is 3.68. The summed E-state index contributed by atoms with van der Waals surface area (Å²) in [6.45, 7) is 6.60. The average molecular weight is 293 g/mol. The van der Waals surface area contributed by atoms with Crippen molar-refractivity contribution in [2.24, 2.45) is 0 Å². The molecule has 1 N–H and O–H groups in total. The number of hydrogen-bond acceptors (Lipinski definition) is 4. The van der Waals surface area contributed by atoms with Crippen molar-refractivity contribution in [1.29, 1.82) is 0 Å². The summed E-state index contributed by atoms with van der Waals surface area (Å²) in [6, 6.07) is 2.06. The van der Waals surface area contributed by atoms with Crippen molar-refractivity contribution in [3.63, 3.8) is 0 Å². The second-order valence-electron chi connectivity index (χ2n) is 6.63. The largest absolute Gasteiger partial charge is 0.373 e. The molecule has 3 nitrogen and oxygen atoms in total. The number of nitrogens with zero attached hydrogens (tertiary/aromatic N) is 2. The predicted octanol–water partition coefficient (Wildman–Crippen LogP) is 4.38. The molecule has 112 valence electrons. The number of nitrogens with one attached hydrogen (secondary N) is 1. The van der Waals surface area contributed by atoms with Gasteiger partial charge < -0.3 is 5.32 Å². The third-order valence-electron chi connectivity index (χ3n) is 3.80. The van der Waals surface area contributed by atoms with Gasteiger partial charge in [-0.25, -0.2) is 9.97 Å². The van der Waals surface area contributed by atoms with Gasteiger partial charge in [0.05, 0.1) is 11.4 Å². The predicted molar refractivity (Wildman–Crippen MR) is 88.4 cm³/mol. The minimum absolute atomic E-state index is 0.0682. The molecule has 4 heteroatoms. The van der Waals surface area contributed by atoms with Crippen LogP contribution in [0.15, 0.2) is 6.07 Å². The van der Waals surface area contributed by atoms with Crippen molar-refractivity contribution in [3.05, 3.63) is 17.6 Å². The number of hydrogen-bond donors (Lipinski definition) is 1. The van der Waals surface area contributed by atoms with E-state index < -0.39 is 0 Å². The van der Waals surface area contributed by atoms with Gasteiger partial charge in [0.15, 0.2) is 0 Å². The summed E-state index contributed by atoms with van der Waals surface area (Å²) in [5.41, 5.74) is 1.19. The molecule has 2 rings (SSSR count). The molecule has 1 heterocycles. The number of thioether (sulfide) groups is 1. The molecule has 0 amide bonds. The smallest absolute Gasteiger partial charge is 0.140 e. The van der Waals surface area contributed by atoms with E-state index in [0.717, 1.165) is 28.3 Å². The van der Waals surface area contributed by atoms with Gasteiger partial charge in [0.2, 0.25) is 0 Å². The first-order chi connectivity index (χ1) is 9.49. The molecule has 0 radical (unpaired) electrons. The normalized spacial score (nSPS) is 17.2. The van der Waals surface area contributed by atoms with Gasteiger partial charge in [-0.15, -0.1) is 0 Å². The zero-order valence-electron chi connectivity index (χ0n) is 13.2. The average Bonchev–Trinajstić information content (AvgIpc) is 2.45. The van der Waals surface area contributed by atoms with Crippen LogP contribution in [0.1, 0.15) is 64.4 Å². The molecular formula is C16H27N3S. The molecule has 1 fully saturated rings. The quantitative estimate of drug-likeness (QED) is 0.894. The van der Waals surface area contributed by atoms with Gasteiger partial charge in [-0.1, -0.05) is 40.0 Å². The molecule has 20 heavy (non-hydrogen) atoms. The highest BCUT2D eigenvalue weighted by Gasteiger charge is 2.19. The molecule has 0 unspecified atom stereocenters. The van der Waals surface area contributed by atoms with Crippen molar-refractivity contribution in [1.82, 2.24) is 9.97 Å². The summed E-state index contributed by atoms with van der Waals surface area (Å²) in [6.07, 6.45) is 6.92. The molecule has 0 spiro atoms. The molecular weight excluding hydrogens is 266 g/mol. The van der Waals surface area contributed by atoms with Gasteiger partial charge in [0, 0.05) is 23.8 Å². The van der Waals surface area contributed by atoms with E-state index in [9.17, 15) is 0 Å². The molecule has 0 aromatic carbocycles. The Balaban J connectivity index is 2.06. The maximum atomic E-state index is 4.77. The van der Waals surface area contributed by atoms with Gasteiger partial charge in [0.1, 0.15) is 11.6 Å². The monoisotopic (exact) mass is 293 g/mol. The van der Waals surface area contributed by atoms with Crippen LogP contribution in [0.4, 0.5) is 5.82 Å². The molecule has 1 saturated carbocycles. The number of rotatable bonds is 4. The first kappa shape index (κ1) is 15.6. The lowest BCUT2D eigenvalue weighted by molar-refractivity contribution is 0.515. The maximum Gasteiger partial charge on any atom is 0.140 e. The minimum Gasteiger partial charge on any atom is -0.373 e. The minimum atomic E-state index is 0.0682. The van der Waals surface area contributed by atoms with E-state index in [1.807, 2.05) is 18.8 Å². The summed E-state index contributed by atoms with van der Waals surface area (Å²) in [4.78, 5) is 9.37. The Labute approximate surface area is 127 Å². The van der Waals surface area contributed by atoms with Gasteiger partial charge >= 0.3 is 0 Å². The van der Waals surface area contributed by atoms with Gasteiger partial charge in [-0.3, -0.25) is 0 Å². The zero-order chi connectivity index (χ0) is 14.6. The van der Waals surface area contributed by atoms with Crippen LogP contribution < -0.4 is 5.32 Å². The van der Waals surface area contributed by atoms with Crippen LogP contribution in [0.5, 0.6) is 0 Å². The first-order valence-electron chi connectivity index (χ1n) is 7.67. The highest BCUT2D eigenvalue weighted by molar-refractivity contribution is 7.99. The standard InChI is InChI=1S/C16H27N3S/c1-16(2,3)13-10-14(17-4)19-15(18-13)11-20-12-8-6-5-7-9-12/h10,12H,5-9,11H2,1-4H3,(H,17,18,19). The van der Waals surface area contributed by atoms with E-state index in [1.54, 1.807) is 0 Å². The van der Waals surface area contributed by atoms with Gasteiger partial charge in [-0.2, -0.15) is 11.8 Å². The van der Waals surface area contributed by atoms with E-state index >= 15 is 0 Å². The summed E-state index contributed by atoms with van der Waals surface area (Å²) in [7, 11) is 1.92. The lowest BCUT2D eigenvalue weighted by Gasteiger charge is -2.22. The summed E-state index contributed by atoms with van der Waals surface area (Å²) in [5, 5.41) is 3.97. The highest BCUT2D eigenvalue weighted by atomic mass is 32.2. The molecule has 0 bridgehead atoms. The SMILES string of the molecule is CNc1cc(C(C)(C)C)nc(CSC2CCCCC2)n1. The molecule has 1 aromatic heterocycles. The summed E-state index contributed by atoms with van der Waals surface area (Å²) >= 11 is 2.04. The molecule has 1 aromatic rings. The maximum absolute atomic E-state index is 4.77. The van der Waals surface area contributed by atoms with Crippen molar-refractivity contribution >= 4 is 17.6 Å². The Hall–Kier alpha value is -0.770. The second-order valence-corrected chi connectivity index (χ2v) is 7.91. The Kier molecular flexibility index (Phi) is 5.30. The van der Waals surface area contributed by atoms with Crippen LogP contribution in [0, 0.1) is 0 Å². The van der Waals surface area contributed by atoms with E-state index in [1.165, 1.54) is 32.1 Å². The van der Waals surface area contributed by atoms with E-state index in [0.29, 0.717) is 0 Å². The molecule has 0 atom stereocenters. The van der Waals surface area contributed by atoms with Crippen LogP contribution in [0.25, 0.3) is 0 Å². The van der Waals surface area contributed by atoms with Crippen LogP contribution in [0.3, 0.4) is 0 Å². The fraction of sp³-hybridized carbons (Fsp3) is 0.750. The van der Waals surface area contributed by atoms with Gasteiger partial charge in [0.25, 0.3) is 0 Å². The lowest BCUT2D eigenvalue weighted by atomic mass is 9.92. The lowest BCUT2D eigenvalue weighted by Crippen LogP contribution is -2.16. The topological polar surface area (TPSA) is 37.8 Å². The van der Waals surface area contributed by atoms with Gasteiger partial charge in [-0.05, 0) is 12.8 Å². The van der Waals surface area contributed by atoms with Crippen molar-refractivity contribution in [2.45, 2.75) is 69.3 Å². The van der Waals surface area contributed by atoms with E-state index in [4.69, 9.17) is 4.98 Å². The van der Waals surface area contributed by atoms with Crippen molar-refractivity contribution < 1.29 is 0 Å². The summed E-state index contributed by atoms with van der Waals surface area (Å²) < 4.78 is 0. The first-order valence-corrected chi connectivity index (χ1v) is 8.71. The van der Waals surface area contributed by atoms with E-state index in [-0.39, 0.29) is 5.41 Å². The zero-order valence-corrected chi connectivity index (χ0v) is 14.0. The summed E-state index contributed by atoms with van der Waals surface area (Å²) in [5.74, 6) is 2.84. The second kappa shape index (κ2) is 6.79. The van der Waals surface area contributed by atoms with Crippen LogP contribution in [-0.4, -0.2) is 22.3 Å². The third kappa shape index (κ3) is 4.37. The van der Waals surface area contributed by atoms with Crippen LogP contribution in [-0.2, 0) is 11.2 Å². The molecule has 1 aliphatic carbocycles. The third-order valence-corrected chi connectivity index (χ3v) is 5.17. The fourth-order valence-electron chi connectivity index (χ4n) is 2.50. The molecule has 0 saturated heterocycles. The number of aromatic nitrogens is 2. The Morgan fingerprint density at radius 1 is 1.20 bits per heavy atom. The molecule has 0 aliphatic heterocycles. The Bertz CT molecular complexity index is 434. The van der Waals surface area contributed by atoms with Crippen molar-refractivity contribution in [2.75, 3.05) is 12.4 Å².